The van der Waals surface area contributed by atoms with Gasteiger partial charge in [-0.15, -0.1) is 0 Å². The molecule has 0 aromatic carbocycles. The van der Waals surface area contributed by atoms with Gasteiger partial charge in [-0.2, -0.15) is 0 Å². The van der Waals surface area contributed by atoms with E-state index in [2.05, 4.69) is 5.32 Å². The van der Waals surface area contributed by atoms with Crippen LogP contribution in [0.1, 0.15) is 34.1 Å². The molecule has 0 spiro atoms. The zero-order chi connectivity index (χ0) is 11.9. The standard InChI is InChI=1S/C11H19NO3/c1-7-6-11(7,8(13)12-5)9(14)15-10(2,3)4/h7H,6H2,1-5H3,(H,12,13)/t7-,11+/m0/s1. The van der Waals surface area contributed by atoms with Crippen molar-refractivity contribution in [1.82, 2.24) is 5.32 Å². The fraction of sp³-hybridized carbons (Fsp3) is 0.818. The van der Waals surface area contributed by atoms with Crippen LogP contribution < -0.4 is 5.32 Å². The maximum Gasteiger partial charge on any atom is 0.322 e. The summed E-state index contributed by atoms with van der Waals surface area (Å²) in [5, 5.41) is 2.53. The molecule has 1 saturated carbocycles. The Bertz CT molecular complexity index is 293. The van der Waals surface area contributed by atoms with Gasteiger partial charge in [-0.1, -0.05) is 6.92 Å². The van der Waals surface area contributed by atoms with Crippen LogP contribution >= 0.6 is 0 Å². The van der Waals surface area contributed by atoms with Crippen LogP contribution in [-0.4, -0.2) is 24.5 Å². The highest BCUT2D eigenvalue weighted by molar-refractivity contribution is 6.06. The highest BCUT2D eigenvalue weighted by Gasteiger charge is 2.64. The molecule has 0 aromatic rings. The molecular formula is C11H19NO3. The van der Waals surface area contributed by atoms with E-state index in [0.717, 1.165) is 0 Å². The van der Waals surface area contributed by atoms with Crippen molar-refractivity contribution in [1.29, 1.82) is 0 Å². The summed E-state index contributed by atoms with van der Waals surface area (Å²) in [5.41, 5.74) is -1.47. The van der Waals surface area contributed by atoms with Gasteiger partial charge in [0, 0.05) is 7.05 Å². The molecule has 4 heteroatoms. The van der Waals surface area contributed by atoms with Crippen molar-refractivity contribution in [3.05, 3.63) is 0 Å². The average Bonchev–Trinajstić information content (AvgIpc) is 2.74. The minimum absolute atomic E-state index is 0.0762. The summed E-state index contributed by atoms with van der Waals surface area (Å²) in [7, 11) is 1.54. The third kappa shape index (κ3) is 2.13. The Balaban J connectivity index is 2.77. The fourth-order valence-corrected chi connectivity index (χ4v) is 1.71. The average molecular weight is 213 g/mol. The number of hydrogen-bond acceptors (Lipinski definition) is 3. The molecule has 1 aliphatic carbocycles. The van der Waals surface area contributed by atoms with Crippen LogP contribution in [-0.2, 0) is 14.3 Å². The number of rotatable bonds is 2. The van der Waals surface area contributed by atoms with Crippen LogP contribution in [0.5, 0.6) is 0 Å². The molecular weight excluding hydrogens is 194 g/mol. The van der Waals surface area contributed by atoms with Gasteiger partial charge in [-0.3, -0.25) is 9.59 Å². The second-order valence-corrected chi connectivity index (χ2v) is 5.16. The third-order valence-corrected chi connectivity index (χ3v) is 2.70. The van der Waals surface area contributed by atoms with Crippen LogP contribution in [0.4, 0.5) is 0 Å². The van der Waals surface area contributed by atoms with Gasteiger partial charge in [0.2, 0.25) is 5.91 Å². The molecule has 0 radical (unpaired) electrons. The van der Waals surface area contributed by atoms with Gasteiger partial charge in [0.15, 0.2) is 0 Å². The number of hydrogen-bond donors (Lipinski definition) is 1. The van der Waals surface area contributed by atoms with Crippen LogP contribution in [0, 0.1) is 11.3 Å². The molecule has 0 bridgehead atoms. The van der Waals surface area contributed by atoms with E-state index in [-0.39, 0.29) is 11.8 Å². The van der Waals surface area contributed by atoms with E-state index in [1.165, 1.54) is 0 Å². The van der Waals surface area contributed by atoms with Crippen molar-refractivity contribution >= 4 is 11.9 Å². The molecule has 1 N–H and O–H groups in total. The van der Waals surface area contributed by atoms with Crippen molar-refractivity contribution in [2.45, 2.75) is 39.7 Å². The first-order valence-electron chi connectivity index (χ1n) is 5.19. The van der Waals surface area contributed by atoms with E-state index in [0.29, 0.717) is 6.42 Å². The summed E-state index contributed by atoms with van der Waals surface area (Å²) in [6, 6.07) is 0. The lowest BCUT2D eigenvalue weighted by molar-refractivity contribution is -0.165. The number of carbonyl (C=O) groups is 2. The molecule has 0 heterocycles. The molecule has 86 valence electrons. The Labute approximate surface area is 90.4 Å². The van der Waals surface area contributed by atoms with Gasteiger partial charge in [0.05, 0.1) is 0 Å². The molecule has 0 aromatic heterocycles. The first-order chi connectivity index (χ1) is 6.74. The van der Waals surface area contributed by atoms with E-state index >= 15 is 0 Å². The first kappa shape index (κ1) is 12.0. The number of ether oxygens (including phenoxy) is 1. The van der Waals surface area contributed by atoms with E-state index in [1.807, 2.05) is 6.92 Å². The molecule has 0 saturated heterocycles. The number of amides is 1. The maximum atomic E-state index is 11.9. The lowest BCUT2D eigenvalue weighted by Gasteiger charge is -2.23. The molecule has 4 nitrogen and oxygen atoms in total. The second-order valence-electron chi connectivity index (χ2n) is 5.16. The third-order valence-electron chi connectivity index (χ3n) is 2.70. The highest BCUT2D eigenvalue weighted by Crippen LogP contribution is 2.53. The summed E-state index contributed by atoms with van der Waals surface area (Å²) >= 11 is 0. The molecule has 1 fully saturated rings. The van der Waals surface area contributed by atoms with E-state index in [1.54, 1.807) is 27.8 Å². The van der Waals surface area contributed by atoms with Crippen molar-refractivity contribution in [2.24, 2.45) is 11.3 Å². The smallest absolute Gasteiger partial charge is 0.322 e. The SMILES string of the molecule is CNC(=O)[C@@]1(C(=O)OC(C)(C)C)C[C@@H]1C. The monoisotopic (exact) mass is 213 g/mol. The minimum atomic E-state index is -0.929. The van der Waals surface area contributed by atoms with Gasteiger partial charge in [-0.25, -0.2) is 0 Å². The summed E-state index contributed by atoms with van der Waals surface area (Å²) in [4.78, 5) is 23.5. The summed E-state index contributed by atoms with van der Waals surface area (Å²) in [6.07, 6.45) is 0.585. The van der Waals surface area contributed by atoms with Crippen LogP contribution in [0.15, 0.2) is 0 Å². The number of carbonyl (C=O) groups excluding carboxylic acids is 2. The van der Waals surface area contributed by atoms with Crippen molar-refractivity contribution in [2.75, 3.05) is 7.05 Å². The zero-order valence-electron chi connectivity index (χ0n) is 10.0. The lowest BCUT2D eigenvalue weighted by Crippen LogP contribution is -2.40. The molecule has 0 aliphatic heterocycles. The van der Waals surface area contributed by atoms with Gasteiger partial charge in [0.25, 0.3) is 0 Å². The second kappa shape index (κ2) is 3.51. The number of esters is 1. The van der Waals surface area contributed by atoms with Crippen LogP contribution in [0.3, 0.4) is 0 Å². The Morgan fingerprint density at radius 1 is 1.40 bits per heavy atom. The topological polar surface area (TPSA) is 55.4 Å². The van der Waals surface area contributed by atoms with E-state index < -0.39 is 17.0 Å². The first-order valence-corrected chi connectivity index (χ1v) is 5.19. The van der Waals surface area contributed by atoms with Crippen LogP contribution in [0.25, 0.3) is 0 Å². The normalized spacial score (nSPS) is 29.5. The predicted octanol–water partition coefficient (Wildman–Crippen LogP) is 1.10. The Kier molecular flexibility index (Phi) is 2.81. The van der Waals surface area contributed by atoms with Crippen LogP contribution in [0.2, 0.25) is 0 Å². The molecule has 0 unspecified atom stereocenters. The lowest BCUT2D eigenvalue weighted by atomic mass is 10.0. The van der Waals surface area contributed by atoms with Crippen molar-refractivity contribution < 1.29 is 14.3 Å². The van der Waals surface area contributed by atoms with Gasteiger partial charge < -0.3 is 10.1 Å². The van der Waals surface area contributed by atoms with E-state index in [9.17, 15) is 9.59 Å². The predicted molar refractivity (Wildman–Crippen MR) is 56.1 cm³/mol. The molecule has 2 atom stereocenters. The zero-order valence-corrected chi connectivity index (χ0v) is 10.0. The molecule has 1 aliphatic rings. The molecule has 1 amide bonds. The van der Waals surface area contributed by atoms with Gasteiger partial charge in [0.1, 0.15) is 11.0 Å². The Morgan fingerprint density at radius 2 is 1.87 bits per heavy atom. The van der Waals surface area contributed by atoms with Crippen molar-refractivity contribution in [3.63, 3.8) is 0 Å². The quantitative estimate of drug-likeness (QED) is 0.552. The maximum absolute atomic E-state index is 11.9. The number of nitrogens with one attached hydrogen (secondary N) is 1. The summed E-state index contributed by atoms with van der Waals surface area (Å²) in [5.74, 6) is -0.557. The minimum Gasteiger partial charge on any atom is -0.459 e. The fourth-order valence-electron chi connectivity index (χ4n) is 1.71. The Hall–Kier alpha value is -1.06. The highest BCUT2D eigenvalue weighted by atomic mass is 16.6. The van der Waals surface area contributed by atoms with Gasteiger partial charge >= 0.3 is 5.97 Å². The van der Waals surface area contributed by atoms with E-state index in [4.69, 9.17) is 4.74 Å². The summed E-state index contributed by atoms with van der Waals surface area (Å²) in [6.45, 7) is 7.29. The largest absolute Gasteiger partial charge is 0.459 e. The summed E-state index contributed by atoms with van der Waals surface area (Å²) < 4.78 is 5.26. The molecule has 15 heavy (non-hydrogen) atoms. The van der Waals surface area contributed by atoms with Gasteiger partial charge in [-0.05, 0) is 33.1 Å². The Morgan fingerprint density at radius 3 is 2.13 bits per heavy atom. The molecule has 1 rings (SSSR count). The van der Waals surface area contributed by atoms with Crippen molar-refractivity contribution in [3.8, 4) is 0 Å².